The third kappa shape index (κ3) is 3.86. The number of benzene rings is 2. The van der Waals surface area contributed by atoms with Crippen molar-refractivity contribution in [2.75, 3.05) is 36.0 Å². The summed E-state index contributed by atoms with van der Waals surface area (Å²) in [5, 5.41) is 0.239. The maximum atomic E-state index is 14.1. The molecule has 1 fully saturated rings. The van der Waals surface area contributed by atoms with Crippen molar-refractivity contribution in [3.05, 3.63) is 86.9 Å². The number of nitrogens with one attached hydrogen (secondary N) is 1. The van der Waals surface area contributed by atoms with Gasteiger partial charge in [0.15, 0.2) is 5.65 Å². The number of hydrogen-bond acceptors (Lipinski definition) is 6. The fourth-order valence-electron chi connectivity index (χ4n) is 4.12. The van der Waals surface area contributed by atoms with Gasteiger partial charge in [0.05, 0.1) is 11.4 Å². The number of aryl methyl sites for hydroxylation is 1. The zero-order chi connectivity index (χ0) is 22.9. The number of nitrogens with zero attached hydrogens (tertiary/aromatic N) is 5. The maximum Gasteiger partial charge on any atom is 0.334 e. The van der Waals surface area contributed by atoms with Crippen LogP contribution in [-0.4, -0.2) is 45.7 Å². The number of para-hydroxylation sites is 1. The molecule has 9 heteroatoms. The molecule has 33 heavy (non-hydrogen) atoms. The topological polar surface area (TPSA) is 87.1 Å². The molecule has 1 saturated heterocycles. The third-order valence-corrected chi connectivity index (χ3v) is 6.00. The summed E-state index contributed by atoms with van der Waals surface area (Å²) < 4.78 is 15.2. The molecule has 0 saturated carbocycles. The van der Waals surface area contributed by atoms with E-state index in [2.05, 4.69) is 15.0 Å². The van der Waals surface area contributed by atoms with Crippen LogP contribution in [0.4, 0.5) is 16.0 Å². The third-order valence-electron chi connectivity index (χ3n) is 6.00. The Hall–Kier alpha value is -4.01. The van der Waals surface area contributed by atoms with Crippen molar-refractivity contribution in [1.82, 2.24) is 19.5 Å². The fraction of sp³-hybridized carbons (Fsp3) is 0.250. The molecule has 5 rings (SSSR count). The minimum absolute atomic E-state index is 0.202. The molecule has 4 aromatic rings. The van der Waals surface area contributed by atoms with Crippen molar-refractivity contribution in [3.8, 4) is 5.69 Å². The first-order valence-corrected chi connectivity index (χ1v) is 10.9. The van der Waals surface area contributed by atoms with Crippen LogP contribution in [0, 0.1) is 5.82 Å². The van der Waals surface area contributed by atoms with Crippen LogP contribution < -0.4 is 21.0 Å². The van der Waals surface area contributed by atoms with Crippen LogP contribution in [0.3, 0.4) is 0 Å². The van der Waals surface area contributed by atoms with Crippen molar-refractivity contribution < 1.29 is 4.39 Å². The number of anilines is 2. The predicted octanol–water partition coefficient (Wildman–Crippen LogP) is 2.50. The smallest absolute Gasteiger partial charge is 0.334 e. The largest absolute Gasteiger partial charge is 0.366 e. The normalized spacial score (nSPS) is 14.1. The number of H-pyrrole nitrogens is 1. The number of halogens is 1. The van der Waals surface area contributed by atoms with E-state index in [4.69, 9.17) is 0 Å². The molecular weight excluding hydrogens is 423 g/mol. The van der Waals surface area contributed by atoms with Crippen LogP contribution in [0.15, 0.2) is 64.3 Å². The SMILES string of the molecule is CCc1ccc(-n2c(=O)[nH]c3nc(N4CCN(c5ccccc5F)CC4)ncc3c2=O)cc1. The maximum absolute atomic E-state index is 14.1. The van der Waals surface area contributed by atoms with Crippen molar-refractivity contribution in [2.24, 2.45) is 0 Å². The summed E-state index contributed by atoms with van der Waals surface area (Å²) in [5.74, 6) is 0.182. The van der Waals surface area contributed by atoms with Gasteiger partial charge in [0.2, 0.25) is 5.95 Å². The van der Waals surface area contributed by atoms with Crippen LogP contribution in [0.1, 0.15) is 12.5 Å². The van der Waals surface area contributed by atoms with Gasteiger partial charge in [0.1, 0.15) is 11.2 Å². The number of rotatable bonds is 4. The van der Waals surface area contributed by atoms with E-state index in [1.165, 1.54) is 12.3 Å². The van der Waals surface area contributed by atoms with E-state index in [-0.39, 0.29) is 16.9 Å². The van der Waals surface area contributed by atoms with Gasteiger partial charge in [0, 0.05) is 32.4 Å². The molecule has 8 nitrogen and oxygen atoms in total. The van der Waals surface area contributed by atoms with E-state index in [1.54, 1.807) is 24.3 Å². The van der Waals surface area contributed by atoms with E-state index < -0.39 is 11.2 Å². The molecule has 1 aliphatic rings. The molecule has 0 spiro atoms. The minimum Gasteiger partial charge on any atom is -0.366 e. The van der Waals surface area contributed by atoms with Crippen molar-refractivity contribution in [1.29, 1.82) is 0 Å². The van der Waals surface area contributed by atoms with E-state index >= 15 is 0 Å². The molecule has 0 unspecified atom stereocenters. The zero-order valence-corrected chi connectivity index (χ0v) is 18.2. The first kappa shape index (κ1) is 20.9. The Kier molecular flexibility index (Phi) is 5.37. The summed E-state index contributed by atoms with van der Waals surface area (Å²) >= 11 is 0. The minimum atomic E-state index is -0.550. The molecule has 3 heterocycles. The van der Waals surface area contributed by atoms with Gasteiger partial charge < -0.3 is 9.80 Å². The Bertz CT molecular complexity index is 1420. The molecule has 1 N–H and O–H groups in total. The number of hydrogen-bond donors (Lipinski definition) is 1. The highest BCUT2D eigenvalue weighted by atomic mass is 19.1. The van der Waals surface area contributed by atoms with E-state index in [0.29, 0.717) is 43.5 Å². The van der Waals surface area contributed by atoms with Crippen LogP contribution in [0.25, 0.3) is 16.7 Å². The lowest BCUT2D eigenvalue weighted by molar-refractivity contribution is 0.594. The molecule has 168 valence electrons. The second-order valence-electron chi connectivity index (χ2n) is 7.95. The molecule has 0 bridgehead atoms. The number of piperazine rings is 1. The lowest BCUT2D eigenvalue weighted by atomic mass is 10.1. The van der Waals surface area contributed by atoms with Gasteiger partial charge in [-0.05, 0) is 36.2 Å². The first-order chi connectivity index (χ1) is 16.0. The Balaban J connectivity index is 1.42. The van der Waals surface area contributed by atoms with Crippen molar-refractivity contribution in [2.45, 2.75) is 13.3 Å². The highest BCUT2D eigenvalue weighted by Crippen LogP contribution is 2.21. The van der Waals surface area contributed by atoms with Gasteiger partial charge in [-0.2, -0.15) is 4.98 Å². The van der Waals surface area contributed by atoms with Gasteiger partial charge in [0.25, 0.3) is 5.56 Å². The Labute approximate surface area is 189 Å². The van der Waals surface area contributed by atoms with Crippen LogP contribution >= 0.6 is 0 Å². The van der Waals surface area contributed by atoms with Crippen LogP contribution in [0.2, 0.25) is 0 Å². The summed E-state index contributed by atoms with van der Waals surface area (Å²) in [6, 6.07) is 14.0. The van der Waals surface area contributed by atoms with Gasteiger partial charge in [-0.15, -0.1) is 0 Å². The Morgan fingerprint density at radius 1 is 0.970 bits per heavy atom. The summed E-state index contributed by atoms with van der Waals surface area (Å²) in [5.41, 5.74) is 1.38. The van der Waals surface area contributed by atoms with E-state index in [1.807, 2.05) is 34.9 Å². The average molecular weight is 446 g/mol. The molecule has 0 radical (unpaired) electrons. The number of aromatic nitrogens is 4. The summed E-state index contributed by atoms with van der Waals surface area (Å²) in [4.78, 5) is 41.3. The van der Waals surface area contributed by atoms with Crippen molar-refractivity contribution in [3.63, 3.8) is 0 Å². The Morgan fingerprint density at radius 2 is 1.67 bits per heavy atom. The van der Waals surface area contributed by atoms with E-state index in [9.17, 15) is 14.0 Å². The summed E-state index contributed by atoms with van der Waals surface area (Å²) in [6.07, 6.45) is 2.32. The molecule has 0 atom stereocenters. The molecule has 1 aliphatic heterocycles. The number of aromatic amines is 1. The molecule has 0 aliphatic carbocycles. The molecule has 2 aromatic carbocycles. The molecule has 2 aromatic heterocycles. The lowest BCUT2D eigenvalue weighted by Crippen LogP contribution is -2.47. The summed E-state index contributed by atoms with van der Waals surface area (Å²) in [7, 11) is 0. The second kappa shape index (κ2) is 8.50. The monoisotopic (exact) mass is 446 g/mol. The average Bonchev–Trinajstić information content (AvgIpc) is 2.84. The first-order valence-electron chi connectivity index (χ1n) is 10.9. The Morgan fingerprint density at radius 3 is 2.36 bits per heavy atom. The molecule has 0 amide bonds. The van der Waals surface area contributed by atoms with E-state index in [0.717, 1.165) is 16.6 Å². The standard InChI is InChI=1S/C24H23FN6O2/c1-2-16-7-9-17(10-8-16)31-22(32)18-15-26-23(27-21(18)28-24(31)33)30-13-11-29(12-14-30)20-6-4-3-5-19(20)25/h3-10,15H,2,11-14H2,1H3,(H,26,27,28,33). The van der Waals surface area contributed by atoms with Crippen LogP contribution in [-0.2, 0) is 6.42 Å². The van der Waals surface area contributed by atoms with Gasteiger partial charge in [-0.1, -0.05) is 31.2 Å². The number of fused-ring (bicyclic) bond motifs is 1. The molecular formula is C24H23FN6O2. The van der Waals surface area contributed by atoms with Gasteiger partial charge in [-0.25, -0.2) is 18.7 Å². The summed E-state index contributed by atoms with van der Waals surface area (Å²) in [6.45, 7) is 4.43. The van der Waals surface area contributed by atoms with Crippen molar-refractivity contribution >= 4 is 22.7 Å². The lowest BCUT2D eigenvalue weighted by Gasteiger charge is -2.36. The zero-order valence-electron chi connectivity index (χ0n) is 18.2. The van der Waals surface area contributed by atoms with Crippen LogP contribution in [0.5, 0.6) is 0 Å². The highest BCUT2D eigenvalue weighted by molar-refractivity contribution is 5.73. The fourth-order valence-corrected chi connectivity index (χ4v) is 4.12. The van der Waals surface area contributed by atoms with Gasteiger partial charge >= 0.3 is 5.69 Å². The second-order valence-corrected chi connectivity index (χ2v) is 7.95. The quantitative estimate of drug-likeness (QED) is 0.518. The predicted molar refractivity (Wildman–Crippen MR) is 126 cm³/mol. The van der Waals surface area contributed by atoms with Gasteiger partial charge in [-0.3, -0.25) is 9.78 Å². The highest BCUT2D eigenvalue weighted by Gasteiger charge is 2.22.